The summed E-state index contributed by atoms with van der Waals surface area (Å²) < 4.78 is 82.7. The molecule has 6 rings (SSSR count). The Morgan fingerprint density at radius 3 is 2.20 bits per heavy atom. The van der Waals surface area contributed by atoms with Crippen LogP contribution in [0.1, 0.15) is 49.4 Å². The Morgan fingerprint density at radius 1 is 0.900 bits per heavy atom. The minimum absolute atomic E-state index is 0.0648. The van der Waals surface area contributed by atoms with E-state index in [2.05, 4.69) is 15.3 Å². The van der Waals surface area contributed by atoms with Gasteiger partial charge in [-0.3, -0.25) is 4.79 Å². The second-order valence-electron chi connectivity index (χ2n) is 12.8. The lowest BCUT2D eigenvalue weighted by Gasteiger charge is -2.36. The summed E-state index contributed by atoms with van der Waals surface area (Å²) in [7, 11) is -3.93. The van der Waals surface area contributed by atoms with E-state index in [4.69, 9.17) is 0 Å². The first-order valence-corrected chi connectivity index (χ1v) is 17.9. The number of piperazine rings is 1. The molecule has 2 fully saturated rings. The van der Waals surface area contributed by atoms with Crippen molar-refractivity contribution in [3.63, 3.8) is 0 Å². The number of alkyl halides is 3. The van der Waals surface area contributed by atoms with E-state index < -0.39 is 33.7 Å². The first-order valence-electron chi connectivity index (χ1n) is 16.5. The first-order chi connectivity index (χ1) is 23.8. The van der Waals surface area contributed by atoms with Crippen molar-refractivity contribution in [3.05, 3.63) is 102 Å². The van der Waals surface area contributed by atoms with E-state index in [1.807, 2.05) is 23.6 Å². The Labute approximate surface area is 289 Å². The molecular formula is C36H38F4N6O3S. The summed E-state index contributed by atoms with van der Waals surface area (Å²) in [4.78, 5) is 26.8. The van der Waals surface area contributed by atoms with Gasteiger partial charge in [0.25, 0.3) is 0 Å². The molecule has 0 spiro atoms. The van der Waals surface area contributed by atoms with Gasteiger partial charge in [0, 0.05) is 38.3 Å². The Bertz CT molecular complexity index is 1930. The molecule has 1 atom stereocenters. The van der Waals surface area contributed by atoms with E-state index in [0.29, 0.717) is 67.6 Å². The third-order valence-electron chi connectivity index (χ3n) is 9.13. The highest BCUT2D eigenvalue weighted by Crippen LogP contribution is 2.32. The molecule has 50 heavy (non-hydrogen) atoms. The van der Waals surface area contributed by atoms with E-state index in [-0.39, 0.29) is 29.7 Å². The van der Waals surface area contributed by atoms with Gasteiger partial charge in [-0.05, 0) is 66.8 Å². The summed E-state index contributed by atoms with van der Waals surface area (Å²) in [5.74, 6) is -0.242. The smallest absolute Gasteiger partial charge is 0.366 e. The van der Waals surface area contributed by atoms with Crippen molar-refractivity contribution in [2.45, 2.75) is 56.3 Å². The highest BCUT2D eigenvalue weighted by molar-refractivity contribution is 7.89. The number of hydrogen-bond acceptors (Lipinski definition) is 7. The Balaban J connectivity index is 1.22. The summed E-state index contributed by atoms with van der Waals surface area (Å²) >= 11 is 0. The quantitative estimate of drug-likeness (QED) is 0.206. The number of benzene rings is 3. The summed E-state index contributed by atoms with van der Waals surface area (Å²) in [5, 5.41) is 2.84. The number of hydrogen-bond donors (Lipinski definition) is 1. The molecule has 2 aliphatic rings. The molecule has 2 saturated heterocycles. The fraction of sp³-hybridized carbons (Fsp3) is 0.361. The van der Waals surface area contributed by atoms with Crippen molar-refractivity contribution in [2.75, 3.05) is 42.5 Å². The predicted molar refractivity (Wildman–Crippen MR) is 183 cm³/mol. The maximum absolute atomic E-state index is 14.4. The number of carbonyl (C=O) groups is 1. The Hall–Kier alpha value is -4.56. The molecule has 1 N–H and O–H groups in total. The van der Waals surface area contributed by atoms with Crippen molar-refractivity contribution in [3.8, 4) is 11.3 Å². The molecule has 14 heteroatoms. The highest BCUT2D eigenvalue weighted by Gasteiger charge is 2.39. The van der Waals surface area contributed by atoms with Crippen LogP contribution in [0.4, 0.5) is 29.2 Å². The molecule has 1 amide bonds. The molecule has 3 aromatic carbocycles. The zero-order valence-electron chi connectivity index (χ0n) is 27.7. The maximum atomic E-state index is 14.4. The molecule has 0 aliphatic carbocycles. The standard InChI is InChI=1S/C36H38F4N6O3S/c1-24(2)25-11-15-29(16-12-25)50(48,49)46-17-5-8-33(46)34(47)41-23-28-22-31(26-9-13-27(14-10-26)36(38,39)40)43-35(42-28)45-20-18-44(19-21-45)32-7-4-3-6-30(32)37/h3-4,6-7,9-16,22,24,33H,5,8,17-21,23H2,1-2H3,(H,41,47). The molecule has 1 unspecified atom stereocenters. The first kappa shape index (κ1) is 35.3. The van der Waals surface area contributed by atoms with E-state index in [9.17, 15) is 30.8 Å². The van der Waals surface area contributed by atoms with Crippen LogP contribution in [0.15, 0.2) is 83.8 Å². The second-order valence-corrected chi connectivity index (χ2v) is 14.7. The molecule has 1 aromatic heterocycles. The lowest BCUT2D eigenvalue weighted by molar-refractivity contribution is -0.137. The minimum atomic E-state index is -4.50. The summed E-state index contributed by atoms with van der Waals surface area (Å²) in [6.07, 6.45) is -3.62. The van der Waals surface area contributed by atoms with Gasteiger partial charge < -0.3 is 15.1 Å². The van der Waals surface area contributed by atoms with E-state index in [1.165, 1.54) is 22.5 Å². The normalized spacial score (nSPS) is 17.4. The maximum Gasteiger partial charge on any atom is 0.416 e. The number of anilines is 2. The third kappa shape index (κ3) is 7.60. The van der Waals surface area contributed by atoms with Gasteiger partial charge in [-0.1, -0.05) is 50.2 Å². The van der Waals surface area contributed by atoms with Gasteiger partial charge in [-0.15, -0.1) is 0 Å². The van der Waals surface area contributed by atoms with E-state index in [0.717, 1.165) is 17.7 Å². The van der Waals surface area contributed by atoms with Gasteiger partial charge in [0.05, 0.1) is 34.1 Å². The number of aromatic nitrogens is 2. The van der Waals surface area contributed by atoms with Gasteiger partial charge in [0.2, 0.25) is 21.9 Å². The van der Waals surface area contributed by atoms with Crippen LogP contribution in [0.2, 0.25) is 0 Å². The van der Waals surface area contributed by atoms with Crippen LogP contribution in [0.3, 0.4) is 0 Å². The topological polar surface area (TPSA) is 98.7 Å². The number of para-hydroxylation sites is 1. The van der Waals surface area contributed by atoms with Crippen molar-refractivity contribution in [1.82, 2.24) is 19.6 Å². The van der Waals surface area contributed by atoms with E-state index >= 15 is 0 Å². The number of amides is 1. The van der Waals surface area contributed by atoms with Crippen LogP contribution in [-0.2, 0) is 27.5 Å². The second kappa shape index (κ2) is 14.4. The zero-order chi connectivity index (χ0) is 35.6. The number of rotatable bonds is 9. The molecule has 264 valence electrons. The minimum Gasteiger partial charge on any atom is -0.366 e. The van der Waals surface area contributed by atoms with Gasteiger partial charge in [-0.2, -0.15) is 17.5 Å². The number of nitrogens with one attached hydrogen (secondary N) is 1. The van der Waals surface area contributed by atoms with Crippen molar-refractivity contribution in [1.29, 1.82) is 0 Å². The predicted octanol–water partition coefficient (Wildman–Crippen LogP) is 6.22. The van der Waals surface area contributed by atoms with Gasteiger partial charge in [0.15, 0.2) is 0 Å². The van der Waals surface area contributed by atoms with Crippen LogP contribution in [0.5, 0.6) is 0 Å². The molecule has 2 aliphatic heterocycles. The molecule has 0 saturated carbocycles. The summed E-state index contributed by atoms with van der Waals surface area (Å²) in [6, 6.07) is 18.5. The summed E-state index contributed by atoms with van der Waals surface area (Å²) in [5.41, 5.74) is 1.89. The van der Waals surface area contributed by atoms with Crippen LogP contribution < -0.4 is 15.1 Å². The average Bonchev–Trinajstić information content (AvgIpc) is 3.62. The Kier molecular flexibility index (Phi) is 10.1. The van der Waals surface area contributed by atoms with Gasteiger partial charge in [0.1, 0.15) is 11.9 Å². The lowest BCUT2D eigenvalue weighted by Crippen LogP contribution is -2.47. The molecule has 0 bridgehead atoms. The average molecular weight is 711 g/mol. The molecule has 9 nitrogen and oxygen atoms in total. The van der Waals surface area contributed by atoms with Gasteiger partial charge in [-0.25, -0.2) is 22.8 Å². The molecule has 0 radical (unpaired) electrons. The molecular weight excluding hydrogens is 672 g/mol. The lowest BCUT2D eigenvalue weighted by atomic mass is 10.0. The Morgan fingerprint density at radius 2 is 1.56 bits per heavy atom. The van der Waals surface area contributed by atoms with Crippen LogP contribution in [-0.4, -0.2) is 67.4 Å². The van der Waals surface area contributed by atoms with Crippen molar-refractivity contribution in [2.24, 2.45) is 0 Å². The monoisotopic (exact) mass is 710 g/mol. The van der Waals surface area contributed by atoms with Crippen LogP contribution >= 0.6 is 0 Å². The fourth-order valence-corrected chi connectivity index (χ4v) is 7.95. The van der Waals surface area contributed by atoms with E-state index in [1.54, 1.807) is 48.5 Å². The van der Waals surface area contributed by atoms with Gasteiger partial charge >= 0.3 is 6.18 Å². The molecule has 3 heterocycles. The van der Waals surface area contributed by atoms with Crippen LogP contribution in [0.25, 0.3) is 11.3 Å². The largest absolute Gasteiger partial charge is 0.416 e. The molecule has 4 aromatic rings. The fourth-order valence-electron chi connectivity index (χ4n) is 6.29. The number of nitrogens with zero attached hydrogens (tertiary/aromatic N) is 5. The SMILES string of the molecule is CC(C)c1ccc(S(=O)(=O)N2CCCC2C(=O)NCc2cc(-c3ccc(C(F)(F)F)cc3)nc(N3CCN(c4ccccc4F)CC3)n2)cc1. The van der Waals surface area contributed by atoms with Crippen molar-refractivity contribution >= 4 is 27.6 Å². The zero-order valence-corrected chi connectivity index (χ0v) is 28.5. The number of sulfonamides is 1. The number of halogens is 4. The highest BCUT2D eigenvalue weighted by atomic mass is 32.2. The summed E-state index contributed by atoms with van der Waals surface area (Å²) in [6.45, 7) is 6.04. The van der Waals surface area contributed by atoms with Crippen LogP contribution in [0, 0.1) is 5.82 Å². The van der Waals surface area contributed by atoms with Crippen molar-refractivity contribution < 1.29 is 30.8 Å². The third-order valence-corrected chi connectivity index (χ3v) is 11.1. The number of carbonyl (C=O) groups excluding carboxylic acids is 1.